The smallest absolute Gasteiger partial charge is 0.104 e. The molecule has 0 fully saturated rings. The predicted octanol–water partition coefficient (Wildman–Crippen LogP) is 6.81. The largest absolute Gasteiger partial charge is 0.342 e. The molecule has 0 spiro atoms. The van der Waals surface area contributed by atoms with Gasteiger partial charge in [-0.25, -0.2) is 9.97 Å². The number of thiazole rings is 1. The number of hydrogen-bond donors (Lipinski definition) is 1. The lowest BCUT2D eigenvalue weighted by Crippen LogP contribution is -1.87. The molecule has 0 aliphatic carbocycles. The Morgan fingerprint density at radius 1 is 0.767 bits per heavy atom. The molecule has 3 heterocycles. The van der Waals surface area contributed by atoms with Crippen LogP contribution in [0.2, 0.25) is 0 Å². The molecule has 0 radical (unpaired) electrons. The number of benzene rings is 3. The molecule has 6 rings (SSSR count). The van der Waals surface area contributed by atoms with Crippen molar-refractivity contribution in [2.45, 2.75) is 27.2 Å². The van der Waals surface area contributed by atoms with E-state index in [0.29, 0.717) is 0 Å². The van der Waals surface area contributed by atoms with Gasteiger partial charge in [-0.05, 0) is 56.7 Å². The van der Waals surface area contributed by atoms with E-state index >= 15 is 0 Å². The fourth-order valence-electron chi connectivity index (χ4n) is 3.36. The van der Waals surface area contributed by atoms with E-state index in [1.807, 2.05) is 62.4 Å². The summed E-state index contributed by atoms with van der Waals surface area (Å²) in [7, 11) is 0. The average molecular weight is 413 g/mol. The number of aliphatic imine (C=N–C) groups is 1. The van der Waals surface area contributed by atoms with Gasteiger partial charge in [-0.1, -0.05) is 42.5 Å². The van der Waals surface area contributed by atoms with Crippen molar-refractivity contribution >= 4 is 44.0 Å². The fraction of sp³-hybridized carbons (Fsp3) is 0.160. The van der Waals surface area contributed by atoms with Crippen LogP contribution in [0.25, 0.3) is 21.3 Å². The molecule has 0 unspecified atom stereocenters. The van der Waals surface area contributed by atoms with Gasteiger partial charge in [0.15, 0.2) is 0 Å². The molecule has 0 atom stereocenters. The molecular weight excluding hydrogens is 388 g/mol. The summed E-state index contributed by atoms with van der Waals surface area (Å²) in [6.45, 7) is 6.06. The number of para-hydroxylation sites is 4. The fourth-order valence-corrected chi connectivity index (χ4v) is 4.19. The molecule has 1 N–H and O–H groups in total. The number of fused-ring (bicyclic) bond motifs is 3. The van der Waals surface area contributed by atoms with E-state index in [4.69, 9.17) is 0 Å². The molecule has 3 aromatic carbocycles. The van der Waals surface area contributed by atoms with Gasteiger partial charge < -0.3 is 4.98 Å². The highest BCUT2D eigenvalue weighted by molar-refractivity contribution is 7.18. The van der Waals surface area contributed by atoms with Crippen LogP contribution in [0, 0.1) is 13.8 Å². The molecule has 4 nitrogen and oxygen atoms in total. The van der Waals surface area contributed by atoms with Crippen LogP contribution < -0.4 is 0 Å². The number of nitrogens with one attached hydrogen (secondary N) is 1. The van der Waals surface area contributed by atoms with E-state index < -0.39 is 0 Å². The van der Waals surface area contributed by atoms with E-state index in [2.05, 4.69) is 51.1 Å². The van der Waals surface area contributed by atoms with Gasteiger partial charge in [-0.2, -0.15) is 0 Å². The van der Waals surface area contributed by atoms with Crippen molar-refractivity contribution in [3.63, 3.8) is 0 Å². The zero-order chi connectivity index (χ0) is 20.9. The molecular formula is C25H24N4S. The van der Waals surface area contributed by atoms with E-state index in [-0.39, 0.29) is 0 Å². The second-order valence-corrected chi connectivity index (χ2v) is 8.43. The van der Waals surface area contributed by atoms with E-state index in [1.54, 1.807) is 11.3 Å². The molecule has 0 amide bonds. The molecule has 150 valence electrons. The number of nitrogens with zero attached hydrogens (tertiary/aromatic N) is 3. The molecule has 1 aliphatic heterocycles. The minimum atomic E-state index is 0.973. The normalized spacial score (nSPS) is 11.9. The Morgan fingerprint density at radius 2 is 1.47 bits per heavy atom. The van der Waals surface area contributed by atoms with Gasteiger partial charge >= 0.3 is 0 Å². The molecule has 30 heavy (non-hydrogen) atoms. The van der Waals surface area contributed by atoms with E-state index in [1.165, 1.54) is 16.0 Å². The van der Waals surface area contributed by atoms with Crippen molar-refractivity contribution < 1.29 is 0 Å². The highest BCUT2D eigenvalue weighted by Gasteiger charge is 2.08. The molecule has 5 aromatic rings. The Balaban J connectivity index is 0.000000109. The summed E-state index contributed by atoms with van der Waals surface area (Å²) < 4.78 is 1.28. The first-order valence-electron chi connectivity index (χ1n) is 9.94. The minimum absolute atomic E-state index is 0.973. The quantitative estimate of drug-likeness (QED) is 0.304. The maximum Gasteiger partial charge on any atom is 0.104 e. The van der Waals surface area contributed by atoms with Crippen LogP contribution in [0.5, 0.6) is 0 Å². The van der Waals surface area contributed by atoms with Gasteiger partial charge in [0.25, 0.3) is 0 Å². The summed E-state index contributed by atoms with van der Waals surface area (Å²) in [5.74, 6) is 0.973. The second-order valence-electron chi connectivity index (χ2n) is 7.19. The summed E-state index contributed by atoms with van der Waals surface area (Å²) in [6.07, 6.45) is 1.04. The molecule has 0 bridgehead atoms. The zero-order valence-corrected chi connectivity index (χ0v) is 18.2. The highest BCUT2D eigenvalue weighted by Crippen LogP contribution is 2.25. The Hall–Kier alpha value is -3.31. The van der Waals surface area contributed by atoms with Gasteiger partial charge in [0.2, 0.25) is 0 Å². The van der Waals surface area contributed by atoms with Crippen LogP contribution in [0.1, 0.15) is 23.3 Å². The lowest BCUT2D eigenvalue weighted by atomic mass is 10.1. The average Bonchev–Trinajstić information content (AvgIpc) is 3.41. The zero-order valence-electron chi connectivity index (χ0n) is 17.4. The second kappa shape index (κ2) is 9.01. The standard InChI is InChI=1S/C9H9N.C8H8N2.C8H7NS/c1-7-6-8-4-2-3-5-9(8)10-7;2*1-6-9-7-4-2-3-5-8(7)10-6/h2-5H,6H2,1H3;2-5H,1H3,(H,9,10);2-5H,1H3. The Bertz CT molecular complexity index is 1180. The van der Waals surface area contributed by atoms with Gasteiger partial charge in [0.1, 0.15) is 5.82 Å². The number of aromatic nitrogens is 3. The summed E-state index contributed by atoms with van der Waals surface area (Å²) >= 11 is 1.74. The summed E-state index contributed by atoms with van der Waals surface area (Å²) in [5, 5.41) is 1.14. The van der Waals surface area contributed by atoms with Crippen molar-refractivity contribution in [1.29, 1.82) is 0 Å². The number of H-pyrrole nitrogens is 1. The summed E-state index contributed by atoms with van der Waals surface area (Å²) in [6, 6.07) is 24.5. The monoisotopic (exact) mass is 412 g/mol. The van der Waals surface area contributed by atoms with Gasteiger partial charge in [0.05, 0.1) is 31.9 Å². The van der Waals surface area contributed by atoms with Gasteiger partial charge in [-0.15, -0.1) is 11.3 Å². The van der Waals surface area contributed by atoms with Crippen molar-refractivity contribution in [2.75, 3.05) is 0 Å². The number of hydrogen-bond acceptors (Lipinski definition) is 4. The van der Waals surface area contributed by atoms with Crippen molar-refractivity contribution in [1.82, 2.24) is 15.0 Å². The van der Waals surface area contributed by atoms with Crippen molar-refractivity contribution in [3.05, 3.63) is 89.2 Å². The first kappa shape index (κ1) is 20.0. The number of imidazole rings is 1. The maximum atomic E-state index is 4.37. The van der Waals surface area contributed by atoms with Crippen LogP contribution in [0.4, 0.5) is 5.69 Å². The lowest BCUT2D eigenvalue weighted by Gasteiger charge is -1.91. The molecule has 0 saturated carbocycles. The van der Waals surface area contributed by atoms with E-state index in [9.17, 15) is 0 Å². The molecule has 1 aliphatic rings. The lowest BCUT2D eigenvalue weighted by molar-refractivity contribution is 1.17. The third-order valence-corrected chi connectivity index (χ3v) is 5.61. The summed E-state index contributed by atoms with van der Waals surface area (Å²) in [4.78, 5) is 16.1. The topological polar surface area (TPSA) is 53.9 Å². The van der Waals surface area contributed by atoms with Crippen molar-refractivity contribution in [3.8, 4) is 0 Å². The molecule has 2 aromatic heterocycles. The number of aryl methyl sites for hydroxylation is 2. The predicted molar refractivity (Wildman–Crippen MR) is 128 cm³/mol. The first-order chi connectivity index (χ1) is 14.6. The van der Waals surface area contributed by atoms with Gasteiger partial charge in [0, 0.05) is 12.1 Å². The van der Waals surface area contributed by atoms with Crippen LogP contribution in [-0.2, 0) is 6.42 Å². The SMILES string of the molecule is CC1=Nc2ccccc2C1.Cc1nc2ccccc2[nH]1.Cc1nc2ccccc2s1. The molecule has 5 heteroatoms. The Morgan fingerprint density at radius 3 is 2.23 bits per heavy atom. The van der Waals surface area contributed by atoms with Crippen LogP contribution in [0.15, 0.2) is 77.8 Å². The molecule has 0 saturated heterocycles. The highest BCUT2D eigenvalue weighted by atomic mass is 32.1. The van der Waals surface area contributed by atoms with Crippen LogP contribution in [-0.4, -0.2) is 20.7 Å². The van der Waals surface area contributed by atoms with Crippen LogP contribution >= 0.6 is 11.3 Å². The summed E-state index contributed by atoms with van der Waals surface area (Å²) in [5.41, 5.74) is 7.01. The van der Waals surface area contributed by atoms with Gasteiger partial charge in [-0.3, -0.25) is 4.99 Å². The third kappa shape index (κ3) is 4.81. The third-order valence-electron chi connectivity index (χ3n) is 4.66. The van der Waals surface area contributed by atoms with Crippen LogP contribution in [0.3, 0.4) is 0 Å². The number of rotatable bonds is 0. The number of aromatic amines is 1. The van der Waals surface area contributed by atoms with E-state index in [0.717, 1.165) is 39.5 Å². The maximum absolute atomic E-state index is 4.37. The Labute approximate surface area is 180 Å². The Kier molecular flexibility index (Phi) is 6.00. The van der Waals surface area contributed by atoms with Crippen molar-refractivity contribution in [2.24, 2.45) is 4.99 Å². The minimum Gasteiger partial charge on any atom is -0.342 e. The first-order valence-corrected chi connectivity index (χ1v) is 10.8.